The van der Waals surface area contributed by atoms with Gasteiger partial charge in [0, 0.05) is 5.41 Å². The molecule has 4 saturated carbocycles. The van der Waals surface area contributed by atoms with Crippen molar-refractivity contribution in [3.05, 3.63) is 0 Å². The molecule has 16 atom stereocenters. The van der Waals surface area contributed by atoms with E-state index in [1.54, 1.807) is 0 Å². The molecule has 7 rings (SSSR count). The van der Waals surface area contributed by atoms with Crippen molar-refractivity contribution >= 4 is 5.97 Å². The highest BCUT2D eigenvalue weighted by Crippen LogP contribution is 2.87. The number of rotatable bonds is 7. The van der Waals surface area contributed by atoms with Crippen LogP contribution in [0.25, 0.3) is 0 Å². The maximum absolute atomic E-state index is 14.7. The molecule has 48 heavy (non-hydrogen) atoms. The summed E-state index contributed by atoms with van der Waals surface area (Å²) in [6.07, 6.45) is 0.102. The number of carbonyl (C=O) groups is 1. The van der Waals surface area contributed by atoms with Crippen molar-refractivity contribution < 1.29 is 49.3 Å². The summed E-state index contributed by atoms with van der Waals surface area (Å²) in [5.41, 5.74) is -4.11. The molecule has 2 bridgehead atoms. The fourth-order valence-electron chi connectivity index (χ4n) is 13.0. The normalized spacial score (nSPS) is 53.9. The number of hydrogen-bond acceptors (Lipinski definition) is 10. The molecule has 274 valence electrons. The zero-order valence-electron chi connectivity index (χ0n) is 30.6. The number of aliphatic hydroxyl groups excluding tert-OH is 4. The Labute approximate surface area is 286 Å². The Hall–Kier alpha value is -0.850. The van der Waals surface area contributed by atoms with E-state index in [0.29, 0.717) is 18.3 Å². The SMILES string of the molecule is C[C@H](CC[C@@](C)(O)C(C)(C)C)[C@H]1CC[C@]23C(=O)O[C@]4(CC[C@]12C)[C@@]31O[C@@H]1C[C@@H]1C(C)(C)[C@@H](O[C@@H]2O[C@H](CO)[C@H](O)[C@H](O)[C@H]2O)CC[C@@]14C. The molecule has 0 aromatic heterocycles. The monoisotopic (exact) mass is 678 g/mol. The van der Waals surface area contributed by atoms with Crippen molar-refractivity contribution in [1.82, 2.24) is 0 Å². The van der Waals surface area contributed by atoms with Crippen molar-refractivity contribution in [2.45, 2.75) is 180 Å². The summed E-state index contributed by atoms with van der Waals surface area (Å²) in [6.45, 7) is 19.0. The van der Waals surface area contributed by atoms with Gasteiger partial charge in [-0.15, -0.1) is 0 Å². The van der Waals surface area contributed by atoms with Crippen LogP contribution in [0.1, 0.15) is 120 Å². The van der Waals surface area contributed by atoms with E-state index >= 15 is 0 Å². The molecule has 0 aromatic carbocycles. The largest absolute Gasteiger partial charge is 0.455 e. The van der Waals surface area contributed by atoms with Gasteiger partial charge in [-0.05, 0) is 98.7 Å². The predicted molar refractivity (Wildman–Crippen MR) is 175 cm³/mol. The standard InChI is InChI=1S/C38H62O10/c1-20(10-14-35(9,44)31(2,3)4)21-11-15-36-30(43)48-37(17-16-33(21,36)7)34(8)13-12-24(32(5,6)23(34)18-25-38(36,37)47-25)46-29-28(42)27(41)26(40)22(19-39)45-29/h20-29,39-42,44H,10-19H2,1-9H3/t20-,21-,22-,23-,24+,25-,26+,27+,28-,29+,33-,34+,35-,36+,37+,38+/m1/s1. The lowest BCUT2D eigenvalue weighted by atomic mass is 9.36. The summed E-state index contributed by atoms with van der Waals surface area (Å²) >= 11 is 0. The van der Waals surface area contributed by atoms with E-state index in [4.69, 9.17) is 18.9 Å². The third-order valence-corrected chi connectivity index (χ3v) is 16.5. The van der Waals surface area contributed by atoms with Gasteiger partial charge in [0.25, 0.3) is 0 Å². The number of aliphatic hydroxyl groups is 5. The van der Waals surface area contributed by atoms with Crippen molar-refractivity contribution in [3.63, 3.8) is 0 Å². The van der Waals surface area contributed by atoms with Crippen LogP contribution in [-0.4, -0.2) is 97.8 Å². The summed E-state index contributed by atoms with van der Waals surface area (Å²) < 4.78 is 26.1. The summed E-state index contributed by atoms with van der Waals surface area (Å²) in [6, 6.07) is 0. The second-order valence-electron chi connectivity index (χ2n) is 19.5. The van der Waals surface area contributed by atoms with Crippen LogP contribution < -0.4 is 0 Å². The molecule has 0 amide bonds. The van der Waals surface area contributed by atoms with Gasteiger partial charge in [-0.2, -0.15) is 0 Å². The quantitative estimate of drug-likeness (QED) is 0.152. The van der Waals surface area contributed by atoms with Gasteiger partial charge >= 0.3 is 5.97 Å². The van der Waals surface area contributed by atoms with Gasteiger partial charge in [0.05, 0.1) is 24.4 Å². The Kier molecular flexibility index (Phi) is 7.86. The average Bonchev–Trinajstić information content (AvgIpc) is 3.60. The van der Waals surface area contributed by atoms with E-state index in [1.807, 2.05) is 6.92 Å². The van der Waals surface area contributed by atoms with E-state index in [1.165, 1.54) is 0 Å². The molecule has 2 spiro atoms. The Morgan fingerprint density at radius 2 is 1.62 bits per heavy atom. The van der Waals surface area contributed by atoms with Gasteiger partial charge in [-0.3, -0.25) is 4.79 Å². The number of ether oxygens (including phenoxy) is 4. The highest BCUT2D eigenvalue weighted by molar-refractivity contribution is 5.87. The maximum atomic E-state index is 14.7. The smallest absolute Gasteiger partial charge is 0.316 e. The Morgan fingerprint density at radius 3 is 2.27 bits per heavy atom. The zero-order valence-corrected chi connectivity index (χ0v) is 30.6. The fourth-order valence-corrected chi connectivity index (χ4v) is 13.0. The molecule has 3 aliphatic heterocycles. The minimum atomic E-state index is -1.50. The predicted octanol–water partition coefficient (Wildman–Crippen LogP) is 3.86. The van der Waals surface area contributed by atoms with Gasteiger partial charge in [-0.25, -0.2) is 0 Å². The molecule has 10 heteroatoms. The van der Waals surface area contributed by atoms with Crippen molar-refractivity contribution in [1.29, 1.82) is 0 Å². The van der Waals surface area contributed by atoms with E-state index in [9.17, 15) is 30.3 Å². The van der Waals surface area contributed by atoms with Crippen LogP contribution >= 0.6 is 0 Å². The summed E-state index contributed by atoms with van der Waals surface area (Å²) in [7, 11) is 0. The molecule has 10 nitrogen and oxygen atoms in total. The van der Waals surface area contributed by atoms with Gasteiger partial charge in [0.1, 0.15) is 29.8 Å². The lowest BCUT2D eigenvalue weighted by molar-refractivity contribution is -0.331. The van der Waals surface area contributed by atoms with Crippen LogP contribution in [0.2, 0.25) is 0 Å². The van der Waals surface area contributed by atoms with Crippen LogP contribution in [0.15, 0.2) is 0 Å². The number of esters is 1. The van der Waals surface area contributed by atoms with Crippen LogP contribution in [0.5, 0.6) is 0 Å². The first-order valence-corrected chi connectivity index (χ1v) is 18.7. The molecule has 3 saturated heterocycles. The summed E-state index contributed by atoms with van der Waals surface area (Å²) in [5.74, 6) is 0.692. The minimum Gasteiger partial charge on any atom is -0.455 e. The lowest BCUT2D eigenvalue weighted by Crippen LogP contribution is -2.73. The van der Waals surface area contributed by atoms with Crippen molar-refractivity contribution in [2.24, 2.45) is 44.8 Å². The first-order chi connectivity index (χ1) is 22.1. The third kappa shape index (κ3) is 4.06. The van der Waals surface area contributed by atoms with E-state index < -0.39 is 64.9 Å². The first-order valence-electron chi connectivity index (χ1n) is 18.7. The Balaban J connectivity index is 1.16. The van der Waals surface area contributed by atoms with Gasteiger partial charge in [-0.1, -0.05) is 55.4 Å². The number of epoxide rings is 1. The van der Waals surface area contributed by atoms with E-state index in [2.05, 4.69) is 55.4 Å². The molecule has 0 radical (unpaired) electrons. The van der Waals surface area contributed by atoms with Gasteiger partial charge in [0.2, 0.25) is 0 Å². The van der Waals surface area contributed by atoms with Crippen molar-refractivity contribution in [3.8, 4) is 0 Å². The molecule has 7 aliphatic rings. The molecule has 0 unspecified atom stereocenters. The minimum absolute atomic E-state index is 0.0687. The molecular formula is C38H62O10. The topological polar surface area (TPSA) is 158 Å². The van der Waals surface area contributed by atoms with Crippen LogP contribution in [-0.2, 0) is 23.7 Å². The molecule has 7 fully saturated rings. The highest BCUT2D eigenvalue weighted by Gasteiger charge is 2.97. The Bertz CT molecular complexity index is 1310. The van der Waals surface area contributed by atoms with Gasteiger partial charge < -0.3 is 44.5 Å². The zero-order chi connectivity index (χ0) is 35.3. The number of fused-ring (bicyclic) bond motifs is 1. The van der Waals surface area contributed by atoms with Gasteiger partial charge in [0.15, 0.2) is 17.5 Å². The van der Waals surface area contributed by atoms with Crippen LogP contribution in [0.3, 0.4) is 0 Å². The van der Waals surface area contributed by atoms with Crippen molar-refractivity contribution in [2.75, 3.05) is 6.61 Å². The summed E-state index contributed by atoms with van der Waals surface area (Å²) in [4.78, 5) is 14.7. The second kappa shape index (κ2) is 10.6. The molecule has 4 aliphatic carbocycles. The lowest BCUT2D eigenvalue weighted by Gasteiger charge is -2.65. The number of carbonyl (C=O) groups excluding carboxylic acids is 1. The molecular weight excluding hydrogens is 616 g/mol. The fraction of sp³-hybridized carbons (Fsp3) is 0.974. The van der Waals surface area contributed by atoms with E-state index in [-0.39, 0.29) is 40.3 Å². The maximum Gasteiger partial charge on any atom is 0.316 e. The first kappa shape index (κ1) is 35.5. The average molecular weight is 679 g/mol. The second-order valence-corrected chi connectivity index (χ2v) is 19.5. The van der Waals surface area contributed by atoms with Crippen LogP contribution in [0.4, 0.5) is 0 Å². The molecule has 5 N–H and O–H groups in total. The Morgan fingerprint density at radius 1 is 0.938 bits per heavy atom. The van der Waals surface area contributed by atoms with E-state index in [0.717, 1.165) is 51.4 Å². The molecule has 3 heterocycles. The molecule has 0 aromatic rings. The highest BCUT2D eigenvalue weighted by atomic mass is 16.7. The number of hydrogen-bond donors (Lipinski definition) is 5. The third-order valence-electron chi connectivity index (χ3n) is 16.5. The summed E-state index contributed by atoms with van der Waals surface area (Å²) in [5, 5.41) is 52.5. The van der Waals surface area contributed by atoms with Crippen LogP contribution in [0, 0.1) is 44.8 Å².